The smallest absolute Gasteiger partial charge is 0.141 e. The summed E-state index contributed by atoms with van der Waals surface area (Å²) in [7, 11) is 0. The summed E-state index contributed by atoms with van der Waals surface area (Å²) in [5.41, 5.74) is 3.61. The summed E-state index contributed by atoms with van der Waals surface area (Å²) in [6.45, 7) is 1.82. The second-order valence-corrected chi connectivity index (χ2v) is 6.61. The number of phenolic OH excluding ortho intramolecular Hbond substituents is 1. The van der Waals surface area contributed by atoms with Crippen LogP contribution in [-0.4, -0.2) is 10.1 Å². The number of hydrogen-bond acceptors (Lipinski definition) is 3. The standard InChI is InChI=1S/C23H14F2N2O/c1-13-4-15(8-19(24)5-13)18-7-16-6-14(2-3-22(16)27-12-18)21-10-20(25)9-17(11-26)23(21)28/h2-10,12,28H,1H3. The first-order valence-corrected chi connectivity index (χ1v) is 8.55. The number of aromatic hydroxyl groups is 1. The van der Waals surface area contributed by atoms with Gasteiger partial charge in [-0.15, -0.1) is 0 Å². The maximum atomic E-state index is 13.8. The summed E-state index contributed by atoms with van der Waals surface area (Å²) in [6, 6.07) is 15.8. The van der Waals surface area contributed by atoms with E-state index in [1.165, 1.54) is 18.2 Å². The van der Waals surface area contributed by atoms with Crippen LogP contribution in [0.15, 0.2) is 60.8 Å². The molecule has 1 aromatic heterocycles. The number of rotatable bonds is 2. The second kappa shape index (κ2) is 6.75. The summed E-state index contributed by atoms with van der Waals surface area (Å²) in [5.74, 6) is -1.20. The number of nitrogens with zero attached hydrogens (tertiary/aromatic N) is 2. The number of nitriles is 1. The molecule has 0 aliphatic rings. The highest BCUT2D eigenvalue weighted by atomic mass is 19.1. The second-order valence-electron chi connectivity index (χ2n) is 6.61. The lowest BCUT2D eigenvalue weighted by atomic mass is 9.98. The van der Waals surface area contributed by atoms with Crippen molar-refractivity contribution in [3.63, 3.8) is 0 Å². The fraction of sp³-hybridized carbons (Fsp3) is 0.0435. The van der Waals surface area contributed by atoms with Gasteiger partial charge in [0.05, 0.1) is 11.1 Å². The van der Waals surface area contributed by atoms with Crippen molar-refractivity contribution in [1.82, 2.24) is 4.98 Å². The minimum absolute atomic E-state index is 0.128. The molecular weight excluding hydrogens is 358 g/mol. The van der Waals surface area contributed by atoms with Crippen LogP contribution < -0.4 is 0 Å². The van der Waals surface area contributed by atoms with E-state index in [0.717, 1.165) is 22.6 Å². The highest BCUT2D eigenvalue weighted by Crippen LogP contribution is 2.35. The number of aromatic nitrogens is 1. The van der Waals surface area contributed by atoms with Gasteiger partial charge in [0.25, 0.3) is 0 Å². The predicted molar refractivity (Wildman–Crippen MR) is 104 cm³/mol. The Kier molecular flexibility index (Phi) is 4.25. The Morgan fingerprint density at radius 1 is 0.893 bits per heavy atom. The van der Waals surface area contributed by atoms with Crippen molar-refractivity contribution in [2.45, 2.75) is 6.92 Å². The zero-order valence-corrected chi connectivity index (χ0v) is 14.9. The van der Waals surface area contributed by atoms with Crippen molar-refractivity contribution in [1.29, 1.82) is 5.26 Å². The van der Waals surface area contributed by atoms with Crippen LogP contribution in [0.2, 0.25) is 0 Å². The number of hydrogen-bond donors (Lipinski definition) is 1. The fourth-order valence-electron chi connectivity index (χ4n) is 3.26. The van der Waals surface area contributed by atoms with Gasteiger partial charge in [0, 0.05) is 22.7 Å². The molecule has 5 heteroatoms. The first-order valence-electron chi connectivity index (χ1n) is 8.55. The molecule has 0 atom stereocenters. The van der Waals surface area contributed by atoms with Crippen LogP contribution in [0.5, 0.6) is 5.75 Å². The lowest BCUT2D eigenvalue weighted by Crippen LogP contribution is -1.89. The van der Waals surface area contributed by atoms with E-state index >= 15 is 0 Å². The topological polar surface area (TPSA) is 56.9 Å². The Morgan fingerprint density at radius 3 is 2.39 bits per heavy atom. The average Bonchev–Trinajstić information content (AvgIpc) is 2.67. The van der Waals surface area contributed by atoms with Gasteiger partial charge in [-0.1, -0.05) is 12.1 Å². The summed E-state index contributed by atoms with van der Waals surface area (Å²) in [5, 5.41) is 20.1. The maximum absolute atomic E-state index is 13.8. The summed E-state index contributed by atoms with van der Waals surface area (Å²) >= 11 is 0. The normalized spacial score (nSPS) is 10.8. The molecule has 0 saturated carbocycles. The summed E-state index contributed by atoms with van der Waals surface area (Å²) in [4.78, 5) is 4.41. The Hall–Kier alpha value is -3.78. The van der Waals surface area contributed by atoms with E-state index in [1.54, 1.807) is 30.5 Å². The van der Waals surface area contributed by atoms with Crippen molar-refractivity contribution in [2.75, 3.05) is 0 Å². The molecule has 0 radical (unpaired) electrons. The van der Waals surface area contributed by atoms with Gasteiger partial charge < -0.3 is 5.11 Å². The predicted octanol–water partition coefficient (Wildman–Crippen LogP) is 5.73. The minimum Gasteiger partial charge on any atom is -0.506 e. The van der Waals surface area contributed by atoms with Crippen molar-refractivity contribution in [2.24, 2.45) is 0 Å². The molecule has 136 valence electrons. The number of benzene rings is 3. The molecule has 0 bridgehead atoms. The Balaban J connectivity index is 1.88. The molecule has 0 aliphatic heterocycles. The van der Waals surface area contributed by atoms with Gasteiger partial charge in [-0.2, -0.15) is 5.26 Å². The van der Waals surface area contributed by atoms with Crippen molar-refractivity contribution in [3.8, 4) is 34.1 Å². The van der Waals surface area contributed by atoms with E-state index in [2.05, 4.69) is 4.98 Å². The van der Waals surface area contributed by atoms with Crippen molar-refractivity contribution in [3.05, 3.63) is 83.6 Å². The van der Waals surface area contributed by atoms with Gasteiger partial charge in [-0.05, 0) is 66.1 Å². The van der Waals surface area contributed by atoms with Crippen LogP contribution in [0.3, 0.4) is 0 Å². The van der Waals surface area contributed by atoms with Crippen LogP contribution in [0, 0.1) is 29.9 Å². The molecule has 28 heavy (non-hydrogen) atoms. The van der Waals surface area contributed by atoms with Gasteiger partial charge in [0.2, 0.25) is 0 Å². The summed E-state index contributed by atoms with van der Waals surface area (Å²) in [6.07, 6.45) is 1.67. The zero-order chi connectivity index (χ0) is 19.8. The van der Waals surface area contributed by atoms with Gasteiger partial charge in [0.15, 0.2) is 0 Å². The van der Waals surface area contributed by atoms with Crippen LogP contribution in [0.25, 0.3) is 33.2 Å². The monoisotopic (exact) mass is 372 g/mol. The molecule has 0 fully saturated rings. The number of aryl methyl sites for hydroxylation is 1. The minimum atomic E-state index is -0.605. The zero-order valence-electron chi connectivity index (χ0n) is 14.9. The van der Waals surface area contributed by atoms with Crippen LogP contribution in [-0.2, 0) is 0 Å². The lowest BCUT2D eigenvalue weighted by molar-refractivity contribution is 0.473. The highest BCUT2D eigenvalue weighted by Gasteiger charge is 2.13. The Morgan fingerprint density at radius 2 is 1.64 bits per heavy atom. The average molecular weight is 372 g/mol. The molecule has 0 amide bonds. The molecule has 1 N–H and O–H groups in total. The first kappa shape index (κ1) is 17.6. The lowest BCUT2D eigenvalue weighted by Gasteiger charge is -2.09. The quantitative estimate of drug-likeness (QED) is 0.489. The molecular formula is C23H14F2N2O. The van der Waals surface area contributed by atoms with Crippen molar-refractivity contribution >= 4 is 10.9 Å². The van der Waals surface area contributed by atoms with E-state index < -0.39 is 5.82 Å². The number of fused-ring (bicyclic) bond motifs is 1. The Labute approximate surface area is 160 Å². The van der Waals surface area contributed by atoms with E-state index in [0.29, 0.717) is 16.6 Å². The Bertz CT molecular complexity index is 1260. The van der Waals surface area contributed by atoms with E-state index in [4.69, 9.17) is 5.26 Å². The molecule has 3 aromatic carbocycles. The third-order valence-corrected chi connectivity index (χ3v) is 4.56. The molecule has 3 nitrogen and oxygen atoms in total. The number of halogens is 2. The SMILES string of the molecule is Cc1cc(F)cc(-c2cnc3ccc(-c4cc(F)cc(C#N)c4O)cc3c2)c1. The molecule has 4 rings (SSSR count). The third-order valence-electron chi connectivity index (χ3n) is 4.56. The fourth-order valence-corrected chi connectivity index (χ4v) is 3.26. The molecule has 0 unspecified atom stereocenters. The van der Waals surface area contributed by atoms with Crippen LogP contribution >= 0.6 is 0 Å². The van der Waals surface area contributed by atoms with Crippen LogP contribution in [0.4, 0.5) is 8.78 Å². The van der Waals surface area contributed by atoms with E-state index in [-0.39, 0.29) is 22.7 Å². The number of pyridine rings is 1. The highest BCUT2D eigenvalue weighted by molar-refractivity contribution is 5.89. The molecule has 1 heterocycles. The molecule has 4 aromatic rings. The van der Waals surface area contributed by atoms with Crippen LogP contribution in [0.1, 0.15) is 11.1 Å². The summed E-state index contributed by atoms with van der Waals surface area (Å²) < 4.78 is 27.6. The molecule has 0 saturated heterocycles. The van der Waals surface area contributed by atoms with Gasteiger partial charge in [-0.3, -0.25) is 4.98 Å². The van der Waals surface area contributed by atoms with Crippen molar-refractivity contribution < 1.29 is 13.9 Å². The first-order chi connectivity index (χ1) is 13.4. The van der Waals surface area contributed by atoms with Gasteiger partial charge in [0.1, 0.15) is 23.5 Å². The molecule has 0 spiro atoms. The number of phenols is 1. The third kappa shape index (κ3) is 3.17. The largest absolute Gasteiger partial charge is 0.506 e. The van der Waals surface area contributed by atoms with Gasteiger partial charge in [-0.25, -0.2) is 8.78 Å². The van der Waals surface area contributed by atoms with E-state index in [9.17, 15) is 13.9 Å². The van der Waals surface area contributed by atoms with Gasteiger partial charge >= 0.3 is 0 Å². The maximum Gasteiger partial charge on any atom is 0.141 e. The van der Waals surface area contributed by atoms with E-state index in [1.807, 2.05) is 19.1 Å². The molecule has 0 aliphatic carbocycles.